The van der Waals surface area contributed by atoms with Gasteiger partial charge in [0.2, 0.25) is 0 Å². The minimum atomic E-state index is -4.54. The quantitative estimate of drug-likeness (QED) is 0.667. The molecule has 0 aromatic carbocycles. The molecule has 2 unspecified atom stereocenters. The molecular weight excluding hydrogens is 449 g/mol. The van der Waals surface area contributed by atoms with Gasteiger partial charge in [-0.2, -0.15) is 13.2 Å². The fourth-order valence-electron chi connectivity index (χ4n) is 4.37. The average Bonchev–Trinajstić information content (AvgIpc) is 3.16. The van der Waals surface area contributed by atoms with Crippen LogP contribution < -0.4 is 10.6 Å². The van der Waals surface area contributed by atoms with E-state index in [1.54, 1.807) is 24.4 Å². The molecule has 34 heavy (non-hydrogen) atoms. The minimum absolute atomic E-state index is 0.103. The molecule has 182 valence electrons. The average molecular weight is 476 g/mol. The predicted octanol–water partition coefficient (Wildman–Crippen LogP) is 3.56. The van der Waals surface area contributed by atoms with E-state index in [2.05, 4.69) is 22.4 Å². The number of allylic oxidation sites excluding steroid dienone is 3. The molecular formula is C24H27F3N4O3. The highest BCUT2D eigenvalue weighted by molar-refractivity contribution is 5.98. The van der Waals surface area contributed by atoms with Crippen LogP contribution in [-0.4, -0.2) is 55.3 Å². The first-order valence-corrected chi connectivity index (χ1v) is 11.1. The van der Waals surface area contributed by atoms with Gasteiger partial charge in [0.25, 0.3) is 5.91 Å². The van der Waals surface area contributed by atoms with Gasteiger partial charge in [0.1, 0.15) is 29.3 Å². The second kappa shape index (κ2) is 9.92. The van der Waals surface area contributed by atoms with Gasteiger partial charge in [-0.3, -0.25) is 4.79 Å². The second-order valence-corrected chi connectivity index (χ2v) is 8.28. The van der Waals surface area contributed by atoms with Gasteiger partial charge in [-0.1, -0.05) is 6.08 Å². The number of halogens is 3. The number of alkyl halides is 3. The molecule has 2 N–H and O–H groups in total. The molecule has 0 spiro atoms. The molecule has 4 rings (SSSR count). The SMILES string of the molecule is COC1=CC(c2cnc3cc(C4CCCNC4)ccn23)C=CC(OC)=C1C(=O)NCC(F)(F)F. The van der Waals surface area contributed by atoms with E-state index < -0.39 is 18.6 Å². The first kappa shape index (κ1) is 23.9. The van der Waals surface area contributed by atoms with E-state index in [-0.39, 0.29) is 23.0 Å². The van der Waals surface area contributed by atoms with Crippen molar-refractivity contribution in [2.24, 2.45) is 0 Å². The summed E-state index contributed by atoms with van der Waals surface area (Å²) in [5, 5.41) is 5.31. The number of nitrogens with one attached hydrogen (secondary N) is 2. The molecule has 1 fully saturated rings. The van der Waals surface area contributed by atoms with Crippen LogP contribution >= 0.6 is 0 Å². The van der Waals surface area contributed by atoms with Crippen molar-refractivity contribution in [3.63, 3.8) is 0 Å². The van der Waals surface area contributed by atoms with Crippen LogP contribution in [0.3, 0.4) is 0 Å². The van der Waals surface area contributed by atoms with Crippen LogP contribution in [0.1, 0.15) is 35.9 Å². The number of carbonyl (C=O) groups is 1. The Kier molecular flexibility index (Phi) is 6.97. The number of ether oxygens (including phenoxy) is 2. The zero-order chi connectivity index (χ0) is 24.3. The summed E-state index contributed by atoms with van der Waals surface area (Å²) in [5.74, 6) is -0.618. The largest absolute Gasteiger partial charge is 0.496 e. The van der Waals surface area contributed by atoms with E-state index in [0.29, 0.717) is 5.92 Å². The molecule has 2 aromatic rings. The third-order valence-corrected chi connectivity index (χ3v) is 6.07. The molecule has 1 amide bonds. The Hall–Kier alpha value is -3.27. The summed E-state index contributed by atoms with van der Waals surface area (Å²) < 4.78 is 50.6. The van der Waals surface area contributed by atoms with E-state index >= 15 is 0 Å². The van der Waals surface area contributed by atoms with Gasteiger partial charge in [0.15, 0.2) is 0 Å². The van der Waals surface area contributed by atoms with Gasteiger partial charge in [0.05, 0.1) is 26.1 Å². The predicted molar refractivity (Wildman–Crippen MR) is 120 cm³/mol. The zero-order valence-electron chi connectivity index (χ0n) is 19.0. The maximum atomic E-state index is 12.6. The normalized spacial score (nSPS) is 21.3. The molecule has 0 saturated carbocycles. The summed E-state index contributed by atoms with van der Waals surface area (Å²) in [6.07, 6.45) is 6.50. The molecule has 2 atom stereocenters. The lowest BCUT2D eigenvalue weighted by Gasteiger charge is -2.23. The molecule has 1 aliphatic carbocycles. The molecule has 2 aliphatic rings. The fourth-order valence-corrected chi connectivity index (χ4v) is 4.37. The number of aromatic nitrogens is 2. The highest BCUT2D eigenvalue weighted by Gasteiger charge is 2.31. The molecule has 1 saturated heterocycles. The highest BCUT2D eigenvalue weighted by atomic mass is 19.4. The van der Waals surface area contributed by atoms with Crippen LogP contribution in [0.25, 0.3) is 5.65 Å². The number of fused-ring (bicyclic) bond motifs is 1. The Balaban J connectivity index is 1.65. The molecule has 3 heterocycles. The molecule has 10 heteroatoms. The third kappa shape index (κ3) is 5.11. The number of amides is 1. The Morgan fingerprint density at radius 2 is 2.15 bits per heavy atom. The van der Waals surface area contributed by atoms with Crippen LogP contribution in [0, 0.1) is 0 Å². The van der Waals surface area contributed by atoms with E-state index in [4.69, 9.17) is 9.47 Å². The molecule has 0 radical (unpaired) electrons. The number of hydrogen-bond donors (Lipinski definition) is 2. The summed E-state index contributed by atoms with van der Waals surface area (Å²) in [7, 11) is 2.71. The van der Waals surface area contributed by atoms with Crippen LogP contribution in [0.4, 0.5) is 13.2 Å². The van der Waals surface area contributed by atoms with Crippen molar-refractivity contribution in [1.29, 1.82) is 0 Å². The van der Waals surface area contributed by atoms with Gasteiger partial charge in [-0.05, 0) is 55.2 Å². The summed E-state index contributed by atoms with van der Waals surface area (Å²) in [4.78, 5) is 17.2. The third-order valence-electron chi connectivity index (χ3n) is 6.07. The lowest BCUT2D eigenvalue weighted by molar-refractivity contribution is -0.136. The van der Waals surface area contributed by atoms with Gasteiger partial charge in [0, 0.05) is 18.7 Å². The van der Waals surface area contributed by atoms with E-state index in [1.807, 2.05) is 15.9 Å². The maximum absolute atomic E-state index is 12.6. The van der Waals surface area contributed by atoms with Crippen molar-refractivity contribution in [3.05, 3.63) is 71.1 Å². The molecule has 7 nitrogen and oxygen atoms in total. The van der Waals surface area contributed by atoms with Crippen LogP contribution in [0.15, 0.2) is 59.8 Å². The first-order valence-electron chi connectivity index (χ1n) is 11.1. The van der Waals surface area contributed by atoms with E-state index in [1.165, 1.54) is 19.8 Å². The topological polar surface area (TPSA) is 76.9 Å². The van der Waals surface area contributed by atoms with E-state index in [0.717, 1.165) is 37.3 Å². The van der Waals surface area contributed by atoms with Gasteiger partial charge < -0.3 is 24.5 Å². The molecule has 1 aliphatic heterocycles. The Labute approximate surface area is 195 Å². The summed E-state index contributed by atoms with van der Waals surface area (Å²) in [5.41, 5.74) is 2.75. The lowest BCUT2D eigenvalue weighted by Crippen LogP contribution is -2.35. The number of methoxy groups -OCH3 is 2. The zero-order valence-corrected chi connectivity index (χ0v) is 19.0. The summed E-state index contributed by atoms with van der Waals surface area (Å²) >= 11 is 0. The van der Waals surface area contributed by atoms with Crippen LogP contribution in [0.5, 0.6) is 0 Å². The number of rotatable bonds is 6. The Morgan fingerprint density at radius 3 is 2.82 bits per heavy atom. The van der Waals surface area contributed by atoms with E-state index in [9.17, 15) is 18.0 Å². The van der Waals surface area contributed by atoms with Gasteiger partial charge in [-0.15, -0.1) is 0 Å². The second-order valence-electron chi connectivity index (χ2n) is 8.28. The summed E-state index contributed by atoms with van der Waals surface area (Å²) in [6, 6.07) is 4.17. The van der Waals surface area contributed by atoms with Crippen molar-refractivity contribution in [3.8, 4) is 0 Å². The number of nitrogens with zero attached hydrogens (tertiary/aromatic N) is 2. The van der Waals surface area contributed by atoms with Crippen molar-refractivity contribution >= 4 is 11.6 Å². The van der Waals surface area contributed by atoms with Crippen LogP contribution in [-0.2, 0) is 14.3 Å². The molecule has 0 bridgehead atoms. The molecule has 2 aromatic heterocycles. The fraction of sp³-hybridized carbons (Fsp3) is 0.417. The number of hydrogen-bond acceptors (Lipinski definition) is 5. The maximum Gasteiger partial charge on any atom is 0.405 e. The minimum Gasteiger partial charge on any atom is -0.496 e. The van der Waals surface area contributed by atoms with Crippen LogP contribution in [0.2, 0.25) is 0 Å². The number of piperidine rings is 1. The number of carbonyl (C=O) groups excluding carboxylic acids is 1. The van der Waals surface area contributed by atoms with Gasteiger partial charge >= 0.3 is 6.18 Å². The first-order chi connectivity index (χ1) is 16.3. The Morgan fingerprint density at radius 1 is 1.32 bits per heavy atom. The van der Waals surface area contributed by atoms with Crippen molar-refractivity contribution in [2.75, 3.05) is 33.9 Å². The monoisotopic (exact) mass is 476 g/mol. The highest BCUT2D eigenvalue weighted by Crippen LogP contribution is 2.31. The van der Waals surface area contributed by atoms with Crippen molar-refractivity contribution in [2.45, 2.75) is 30.9 Å². The van der Waals surface area contributed by atoms with Crippen molar-refractivity contribution < 1.29 is 27.4 Å². The van der Waals surface area contributed by atoms with Gasteiger partial charge in [-0.25, -0.2) is 4.98 Å². The Bertz CT molecular complexity index is 1140. The number of imidazole rings is 1. The smallest absolute Gasteiger partial charge is 0.405 e. The lowest BCUT2D eigenvalue weighted by atomic mass is 9.92. The number of pyridine rings is 1. The van der Waals surface area contributed by atoms with Crippen molar-refractivity contribution in [1.82, 2.24) is 20.0 Å². The standard InChI is InChI=1S/C24H27F3N4O3/c1-33-19-6-5-16(10-20(34-2)22(19)23(32)30-14-24(25,26)27)18-13-29-21-11-15(7-9-31(18)21)17-4-3-8-28-12-17/h5-7,9-11,13,16-17,28H,3-4,8,12,14H2,1-2H3,(H,30,32). The summed E-state index contributed by atoms with van der Waals surface area (Å²) in [6.45, 7) is 0.532.